The quantitative estimate of drug-likeness (QED) is 0.816. The molecule has 2 aromatic heterocycles. The monoisotopic (exact) mass is 377 g/mol. The summed E-state index contributed by atoms with van der Waals surface area (Å²) in [6, 6.07) is 4.75. The van der Waals surface area contributed by atoms with Crippen molar-refractivity contribution in [3.05, 3.63) is 41.7 Å². The third-order valence-corrected chi connectivity index (χ3v) is 4.93. The maximum Gasteiger partial charge on any atom is 0.257 e. The normalized spacial score (nSPS) is 18.9. The molecule has 0 bridgehead atoms. The van der Waals surface area contributed by atoms with Crippen LogP contribution in [0.2, 0.25) is 0 Å². The van der Waals surface area contributed by atoms with Crippen LogP contribution in [0, 0.1) is 11.6 Å². The molecule has 2 aromatic rings. The first kappa shape index (κ1) is 17.9. The predicted molar refractivity (Wildman–Crippen MR) is 93.0 cm³/mol. The Bertz CT molecular complexity index is 813. The molecule has 4 heterocycles. The van der Waals surface area contributed by atoms with Gasteiger partial charge in [0.1, 0.15) is 25.1 Å². The molecular formula is C19H21F2N3O3. The van der Waals surface area contributed by atoms with Gasteiger partial charge in [0.05, 0.1) is 11.9 Å². The lowest BCUT2D eigenvalue weighted by Gasteiger charge is -2.35. The van der Waals surface area contributed by atoms with Crippen LogP contribution in [0.1, 0.15) is 31.5 Å². The molecule has 1 fully saturated rings. The Balaban J connectivity index is 1.36. The first-order chi connectivity index (χ1) is 13.1. The highest BCUT2D eigenvalue weighted by Gasteiger charge is 2.27. The average molecular weight is 377 g/mol. The van der Waals surface area contributed by atoms with Crippen LogP contribution in [-0.2, 0) is 0 Å². The van der Waals surface area contributed by atoms with Crippen LogP contribution >= 0.6 is 0 Å². The smallest absolute Gasteiger partial charge is 0.257 e. The van der Waals surface area contributed by atoms with Crippen LogP contribution in [0.5, 0.6) is 17.5 Å². The molecule has 2 aliphatic heterocycles. The van der Waals surface area contributed by atoms with E-state index >= 15 is 0 Å². The van der Waals surface area contributed by atoms with Gasteiger partial charge in [-0.25, -0.2) is 18.7 Å². The van der Waals surface area contributed by atoms with Crippen LogP contribution < -0.4 is 14.2 Å². The van der Waals surface area contributed by atoms with Crippen molar-refractivity contribution in [3.8, 4) is 17.5 Å². The number of aromatic nitrogens is 2. The second kappa shape index (κ2) is 7.64. The molecule has 0 saturated carbocycles. The molecule has 1 unspecified atom stereocenters. The number of likely N-dealkylation sites (tertiary alicyclic amines) is 1. The molecule has 144 valence electrons. The van der Waals surface area contributed by atoms with Crippen molar-refractivity contribution >= 4 is 0 Å². The van der Waals surface area contributed by atoms with E-state index in [9.17, 15) is 8.78 Å². The van der Waals surface area contributed by atoms with E-state index < -0.39 is 11.6 Å². The maximum atomic E-state index is 13.7. The number of ether oxygens (including phenoxy) is 3. The van der Waals surface area contributed by atoms with Crippen LogP contribution in [0.3, 0.4) is 0 Å². The van der Waals surface area contributed by atoms with E-state index in [0.29, 0.717) is 24.8 Å². The van der Waals surface area contributed by atoms with Gasteiger partial charge >= 0.3 is 0 Å². The number of fused-ring (bicyclic) bond motifs is 1. The lowest BCUT2D eigenvalue weighted by molar-refractivity contribution is 0.0723. The minimum atomic E-state index is -0.772. The minimum Gasteiger partial charge on any atom is -0.484 e. The molecule has 6 nitrogen and oxygen atoms in total. The highest BCUT2D eigenvalue weighted by atomic mass is 19.1. The van der Waals surface area contributed by atoms with Gasteiger partial charge in [-0.15, -0.1) is 0 Å². The molecule has 1 saturated heterocycles. The zero-order valence-electron chi connectivity index (χ0n) is 15.0. The summed E-state index contributed by atoms with van der Waals surface area (Å²) in [6.45, 7) is 4.71. The van der Waals surface area contributed by atoms with E-state index in [2.05, 4.69) is 21.8 Å². The van der Waals surface area contributed by atoms with Crippen LogP contribution in [0.15, 0.2) is 24.4 Å². The number of rotatable bonds is 4. The van der Waals surface area contributed by atoms with Crippen molar-refractivity contribution in [2.45, 2.75) is 31.9 Å². The molecule has 2 aliphatic rings. The van der Waals surface area contributed by atoms with E-state index in [0.717, 1.165) is 43.9 Å². The number of hydrogen-bond donors (Lipinski definition) is 0. The van der Waals surface area contributed by atoms with Crippen LogP contribution in [-0.4, -0.2) is 47.3 Å². The lowest BCUT2D eigenvalue weighted by atomic mass is 10.0. The Morgan fingerprint density at radius 3 is 2.74 bits per heavy atom. The number of halogens is 2. The Hall–Kier alpha value is -2.48. The zero-order chi connectivity index (χ0) is 18.8. The Labute approximate surface area is 156 Å². The van der Waals surface area contributed by atoms with Gasteiger partial charge in [-0.3, -0.25) is 4.90 Å². The van der Waals surface area contributed by atoms with Gasteiger partial charge < -0.3 is 14.2 Å². The Morgan fingerprint density at radius 1 is 1.19 bits per heavy atom. The van der Waals surface area contributed by atoms with Gasteiger partial charge in [-0.05, 0) is 31.9 Å². The maximum absolute atomic E-state index is 13.7. The van der Waals surface area contributed by atoms with E-state index in [1.807, 2.05) is 12.1 Å². The fourth-order valence-corrected chi connectivity index (χ4v) is 3.39. The average Bonchev–Trinajstić information content (AvgIpc) is 2.70. The van der Waals surface area contributed by atoms with E-state index in [1.165, 1.54) is 0 Å². The Morgan fingerprint density at radius 2 is 1.96 bits per heavy atom. The summed E-state index contributed by atoms with van der Waals surface area (Å²) in [7, 11) is 0. The van der Waals surface area contributed by atoms with Crippen molar-refractivity contribution < 1.29 is 23.0 Å². The summed E-state index contributed by atoms with van der Waals surface area (Å²) in [5, 5.41) is 0. The molecule has 0 aliphatic carbocycles. The van der Waals surface area contributed by atoms with Crippen molar-refractivity contribution in [1.29, 1.82) is 0 Å². The van der Waals surface area contributed by atoms with Crippen LogP contribution in [0.25, 0.3) is 0 Å². The molecule has 0 spiro atoms. The standard InChI is InChI=1S/C19H21F2N3O3/c1-12(16-2-3-17-19(23-16)26-9-8-25-17)24-6-4-14(5-7-24)27-18-15(21)10-13(20)11-22-18/h2-3,10-12,14H,4-9H2,1H3. The summed E-state index contributed by atoms with van der Waals surface area (Å²) in [4.78, 5) is 10.6. The van der Waals surface area contributed by atoms with Gasteiger partial charge in [-0.2, -0.15) is 0 Å². The summed E-state index contributed by atoms with van der Waals surface area (Å²) >= 11 is 0. The summed E-state index contributed by atoms with van der Waals surface area (Å²) in [5.74, 6) is -0.405. The molecule has 0 radical (unpaired) electrons. The van der Waals surface area contributed by atoms with Gasteiger partial charge in [0, 0.05) is 25.2 Å². The van der Waals surface area contributed by atoms with Crippen molar-refractivity contribution in [3.63, 3.8) is 0 Å². The number of piperidine rings is 1. The molecule has 27 heavy (non-hydrogen) atoms. The van der Waals surface area contributed by atoms with E-state index in [4.69, 9.17) is 14.2 Å². The number of pyridine rings is 2. The van der Waals surface area contributed by atoms with Gasteiger partial charge in [0.25, 0.3) is 11.8 Å². The van der Waals surface area contributed by atoms with E-state index in [-0.39, 0.29) is 18.0 Å². The second-order valence-corrected chi connectivity index (χ2v) is 6.71. The first-order valence-corrected chi connectivity index (χ1v) is 9.08. The highest BCUT2D eigenvalue weighted by molar-refractivity contribution is 5.36. The minimum absolute atomic E-state index is 0.113. The molecule has 1 atom stereocenters. The number of hydrogen-bond acceptors (Lipinski definition) is 6. The van der Waals surface area contributed by atoms with Crippen molar-refractivity contribution in [1.82, 2.24) is 14.9 Å². The largest absolute Gasteiger partial charge is 0.484 e. The SMILES string of the molecule is CC(c1ccc2c(n1)OCCO2)N1CCC(Oc2ncc(F)cc2F)CC1. The topological polar surface area (TPSA) is 56.7 Å². The lowest BCUT2D eigenvalue weighted by Crippen LogP contribution is -2.40. The molecule has 0 aromatic carbocycles. The summed E-state index contributed by atoms with van der Waals surface area (Å²) in [5.41, 5.74) is 0.921. The molecule has 0 amide bonds. The molecule has 0 N–H and O–H groups in total. The van der Waals surface area contributed by atoms with Gasteiger partial charge in [-0.1, -0.05) is 0 Å². The first-order valence-electron chi connectivity index (χ1n) is 9.08. The summed E-state index contributed by atoms with van der Waals surface area (Å²) in [6.07, 6.45) is 2.28. The van der Waals surface area contributed by atoms with E-state index in [1.54, 1.807) is 0 Å². The van der Waals surface area contributed by atoms with Crippen molar-refractivity contribution in [2.24, 2.45) is 0 Å². The Kier molecular flexibility index (Phi) is 5.07. The fraction of sp³-hybridized carbons (Fsp3) is 0.474. The van der Waals surface area contributed by atoms with Crippen molar-refractivity contribution in [2.75, 3.05) is 26.3 Å². The van der Waals surface area contributed by atoms with Gasteiger partial charge in [0.2, 0.25) is 0 Å². The second-order valence-electron chi connectivity index (χ2n) is 6.71. The third kappa shape index (κ3) is 3.95. The zero-order valence-corrected chi connectivity index (χ0v) is 15.0. The molecule has 8 heteroatoms. The highest BCUT2D eigenvalue weighted by Crippen LogP contribution is 2.32. The van der Waals surface area contributed by atoms with Gasteiger partial charge in [0.15, 0.2) is 11.6 Å². The predicted octanol–water partition coefficient (Wildman–Crippen LogP) is 3.13. The number of nitrogens with zero attached hydrogens (tertiary/aromatic N) is 3. The molecule has 4 rings (SSSR count). The molecular weight excluding hydrogens is 356 g/mol. The summed E-state index contributed by atoms with van der Waals surface area (Å²) < 4.78 is 43.3. The third-order valence-electron chi connectivity index (χ3n) is 4.93. The van der Waals surface area contributed by atoms with Crippen LogP contribution in [0.4, 0.5) is 8.78 Å². The fourth-order valence-electron chi connectivity index (χ4n) is 3.39.